The highest BCUT2D eigenvalue weighted by molar-refractivity contribution is 7.80. The first-order chi connectivity index (χ1) is 11.3. The number of nitrogens with one attached hydrogen (secondary N) is 3. The summed E-state index contributed by atoms with van der Waals surface area (Å²) in [6.45, 7) is 3.29. The van der Waals surface area contributed by atoms with Crippen LogP contribution in [0.4, 0.5) is 11.4 Å². The topological polar surface area (TPSA) is 70.2 Å². The Morgan fingerprint density at radius 2 is 1.58 bits per heavy atom. The fourth-order valence-electron chi connectivity index (χ4n) is 1.96. The summed E-state index contributed by atoms with van der Waals surface area (Å²) in [5, 5.41) is 8.73. The van der Waals surface area contributed by atoms with Crippen LogP contribution in [0.25, 0.3) is 0 Å². The van der Waals surface area contributed by atoms with Crippen LogP contribution in [0.15, 0.2) is 42.5 Å². The van der Waals surface area contributed by atoms with Gasteiger partial charge >= 0.3 is 0 Å². The molecule has 0 aliphatic heterocycles. The number of aryl methyl sites for hydroxylation is 1. The van der Waals surface area contributed by atoms with Gasteiger partial charge in [-0.15, -0.1) is 0 Å². The number of carbonyl (C=O) groups is 2. The standard InChI is InChI=1S/C17H16ClN3O2S/c1-10-3-8-14(15(18)9-10)16(23)20-12-4-6-13(7-5-12)21-17(24)19-11(2)22/h3-9H,1-2H3,(H,20,23)(H2,19,21,22,24). The van der Waals surface area contributed by atoms with Crippen LogP contribution in [0, 0.1) is 6.92 Å². The third-order valence-corrected chi connectivity index (χ3v) is 3.58. The van der Waals surface area contributed by atoms with E-state index in [-0.39, 0.29) is 16.9 Å². The smallest absolute Gasteiger partial charge is 0.257 e. The Hall–Kier alpha value is -2.44. The Labute approximate surface area is 150 Å². The number of halogens is 1. The predicted molar refractivity (Wildman–Crippen MR) is 101 cm³/mol. The van der Waals surface area contributed by atoms with Gasteiger partial charge in [-0.1, -0.05) is 17.7 Å². The molecule has 0 saturated carbocycles. The van der Waals surface area contributed by atoms with Crippen molar-refractivity contribution < 1.29 is 9.59 Å². The van der Waals surface area contributed by atoms with Crippen LogP contribution in [0.1, 0.15) is 22.8 Å². The molecule has 0 atom stereocenters. The summed E-state index contributed by atoms with van der Waals surface area (Å²) < 4.78 is 0. The van der Waals surface area contributed by atoms with Gasteiger partial charge in [0, 0.05) is 18.3 Å². The number of thiocarbonyl (C=S) groups is 1. The Bertz CT molecular complexity index is 791. The molecule has 2 aromatic rings. The van der Waals surface area contributed by atoms with Crippen molar-refractivity contribution in [1.29, 1.82) is 0 Å². The second-order valence-electron chi connectivity index (χ2n) is 5.15. The van der Waals surface area contributed by atoms with Crippen molar-refractivity contribution in [1.82, 2.24) is 5.32 Å². The second kappa shape index (κ2) is 7.90. The number of benzene rings is 2. The highest BCUT2D eigenvalue weighted by atomic mass is 35.5. The minimum atomic E-state index is -0.283. The molecule has 0 saturated heterocycles. The summed E-state index contributed by atoms with van der Waals surface area (Å²) in [5.74, 6) is -0.527. The summed E-state index contributed by atoms with van der Waals surface area (Å²) in [5.41, 5.74) is 2.71. The maximum absolute atomic E-state index is 12.3. The van der Waals surface area contributed by atoms with E-state index >= 15 is 0 Å². The molecule has 124 valence electrons. The molecule has 0 aromatic heterocycles. The lowest BCUT2D eigenvalue weighted by Crippen LogP contribution is -2.32. The minimum absolute atomic E-state index is 0.214. The monoisotopic (exact) mass is 361 g/mol. The fraction of sp³-hybridized carbons (Fsp3) is 0.118. The number of amides is 2. The van der Waals surface area contributed by atoms with Crippen molar-refractivity contribution >= 4 is 52.1 Å². The largest absolute Gasteiger partial charge is 0.332 e. The SMILES string of the molecule is CC(=O)NC(=S)Nc1ccc(NC(=O)c2ccc(C)cc2Cl)cc1. The van der Waals surface area contributed by atoms with Crippen molar-refractivity contribution in [3.05, 3.63) is 58.6 Å². The van der Waals surface area contributed by atoms with E-state index < -0.39 is 0 Å². The molecule has 0 spiro atoms. The molecule has 24 heavy (non-hydrogen) atoms. The molecule has 0 unspecified atom stereocenters. The molecule has 0 radical (unpaired) electrons. The van der Waals surface area contributed by atoms with Crippen LogP contribution in [0.3, 0.4) is 0 Å². The molecule has 0 aliphatic carbocycles. The van der Waals surface area contributed by atoms with E-state index in [0.29, 0.717) is 22.0 Å². The van der Waals surface area contributed by atoms with Crippen LogP contribution in [-0.4, -0.2) is 16.9 Å². The first-order valence-electron chi connectivity index (χ1n) is 7.11. The van der Waals surface area contributed by atoms with Gasteiger partial charge in [-0.05, 0) is 61.1 Å². The highest BCUT2D eigenvalue weighted by Crippen LogP contribution is 2.20. The zero-order valence-corrected chi connectivity index (χ0v) is 14.7. The van der Waals surface area contributed by atoms with Crippen molar-refractivity contribution in [3.8, 4) is 0 Å². The zero-order chi connectivity index (χ0) is 17.7. The van der Waals surface area contributed by atoms with Gasteiger partial charge < -0.3 is 16.0 Å². The molecule has 2 rings (SSSR count). The summed E-state index contributed by atoms with van der Waals surface area (Å²) in [6, 6.07) is 12.2. The second-order valence-corrected chi connectivity index (χ2v) is 5.97. The van der Waals surface area contributed by atoms with Gasteiger partial charge in [-0.3, -0.25) is 9.59 Å². The third-order valence-electron chi connectivity index (χ3n) is 3.06. The van der Waals surface area contributed by atoms with Crippen LogP contribution in [-0.2, 0) is 4.79 Å². The molecule has 0 aliphatic rings. The summed E-state index contributed by atoms with van der Waals surface area (Å²) >= 11 is 11.1. The number of carbonyl (C=O) groups excluding carboxylic acids is 2. The predicted octanol–water partition coefficient (Wildman–Crippen LogP) is 3.73. The Balaban J connectivity index is 2.02. The first kappa shape index (κ1) is 17.9. The zero-order valence-electron chi connectivity index (χ0n) is 13.1. The van der Waals surface area contributed by atoms with E-state index in [9.17, 15) is 9.59 Å². The molecule has 0 fully saturated rings. The van der Waals surface area contributed by atoms with Gasteiger partial charge in [-0.25, -0.2) is 0 Å². The van der Waals surface area contributed by atoms with E-state index in [0.717, 1.165) is 5.56 Å². The Morgan fingerprint density at radius 3 is 2.12 bits per heavy atom. The highest BCUT2D eigenvalue weighted by Gasteiger charge is 2.10. The average molecular weight is 362 g/mol. The summed E-state index contributed by atoms with van der Waals surface area (Å²) in [6.07, 6.45) is 0. The van der Waals surface area contributed by atoms with Gasteiger partial charge in [-0.2, -0.15) is 0 Å². The normalized spacial score (nSPS) is 9.96. The molecule has 2 amide bonds. The van der Waals surface area contributed by atoms with Gasteiger partial charge in [0.15, 0.2) is 5.11 Å². The van der Waals surface area contributed by atoms with Crippen LogP contribution in [0.2, 0.25) is 5.02 Å². The van der Waals surface area contributed by atoms with E-state index in [1.165, 1.54) is 6.92 Å². The quantitative estimate of drug-likeness (QED) is 0.728. The molecular formula is C17H16ClN3O2S. The molecule has 2 aromatic carbocycles. The van der Waals surface area contributed by atoms with Crippen LogP contribution < -0.4 is 16.0 Å². The lowest BCUT2D eigenvalue weighted by Gasteiger charge is -2.10. The minimum Gasteiger partial charge on any atom is -0.332 e. The Kier molecular flexibility index (Phi) is 5.89. The van der Waals surface area contributed by atoms with Crippen LogP contribution in [0.5, 0.6) is 0 Å². The number of rotatable bonds is 3. The molecule has 7 heteroatoms. The Morgan fingerprint density at radius 1 is 1.00 bits per heavy atom. The molecular weight excluding hydrogens is 346 g/mol. The van der Waals surface area contributed by atoms with Gasteiger partial charge in [0.1, 0.15) is 0 Å². The van der Waals surface area contributed by atoms with E-state index in [1.807, 2.05) is 13.0 Å². The van der Waals surface area contributed by atoms with E-state index in [1.54, 1.807) is 36.4 Å². The molecule has 5 nitrogen and oxygen atoms in total. The van der Waals surface area contributed by atoms with Crippen molar-refractivity contribution in [3.63, 3.8) is 0 Å². The van der Waals surface area contributed by atoms with Gasteiger partial charge in [0.25, 0.3) is 5.91 Å². The van der Waals surface area contributed by atoms with E-state index in [2.05, 4.69) is 16.0 Å². The van der Waals surface area contributed by atoms with E-state index in [4.69, 9.17) is 23.8 Å². The lowest BCUT2D eigenvalue weighted by molar-refractivity contribution is -0.117. The number of hydrogen-bond donors (Lipinski definition) is 3. The molecule has 0 heterocycles. The number of anilines is 2. The van der Waals surface area contributed by atoms with Gasteiger partial charge in [0.2, 0.25) is 5.91 Å². The molecule has 3 N–H and O–H groups in total. The van der Waals surface area contributed by atoms with Crippen LogP contribution >= 0.6 is 23.8 Å². The van der Waals surface area contributed by atoms with Gasteiger partial charge in [0.05, 0.1) is 10.6 Å². The maximum Gasteiger partial charge on any atom is 0.257 e. The summed E-state index contributed by atoms with van der Waals surface area (Å²) in [4.78, 5) is 23.2. The maximum atomic E-state index is 12.3. The van der Waals surface area contributed by atoms with Crippen molar-refractivity contribution in [2.24, 2.45) is 0 Å². The van der Waals surface area contributed by atoms with Crippen molar-refractivity contribution in [2.75, 3.05) is 10.6 Å². The molecule has 0 bridgehead atoms. The average Bonchev–Trinajstić information content (AvgIpc) is 2.48. The van der Waals surface area contributed by atoms with Crippen molar-refractivity contribution in [2.45, 2.75) is 13.8 Å². The third kappa shape index (κ3) is 5.04. The number of hydrogen-bond acceptors (Lipinski definition) is 3. The summed E-state index contributed by atoms with van der Waals surface area (Å²) in [7, 11) is 0. The first-order valence-corrected chi connectivity index (χ1v) is 7.90. The lowest BCUT2D eigenvalue weighted by atomic mass is 10.1. The fourth-order valence-corrected chi connectivity index (χ4v) is 2.54.